The highest BCUT2D eigenvalue weighted by Gasteiger charge is 2.13. The maximum Gasteiger partial charge on any atom is 0.259 e. The average molecular weight is 282 g/mol. The van der Waals surface area contributed by atoms with Crippen LogP contribution in [0, 0.1) is 25.7 Å². The van der Waals surface area contributed by atoms with Gasteiger partial charge in [-0.2, -0.15) is 5.10 Å². The molecular weight excluding hydrogens is 264 g/mol. The number of benzene rings is 1. The number of rotatable bonds is 2. The Morgan fingerprint density at radius 1 is 1.43 bits per heavy atom. The van der Waals surface area contributed by atoms with Gasteiger partial charge in [0.05, 0.1) is 17.8 Å². The molecule has 0 fully saturated rings. The molecule has 0 bridgehead atoms. The van der Waals surface area contributed by atoms with Crippen LogP contribution in [0.25, 0.3) is 0 Å². The largest absolute Gasteiger partial charge is 0.322 e. The lowest BCUT2D eigenvalue weighted by Crippen LogP contribution is -2.13. The first kappa shape index (κ1) is 14.8. The second-order valence-electron chi connectivity index (χ2n) is 4.79. The van der Waals surface area contributed by atoms with Crippen LogP contribution >= 0.6 is 0 Å². The van der Waals surface area contributed by atoms with Gasteiger partial charge in [0.2, 0.25) is 0 Å². The van der Waals surface area contributed by atoms with Crippen LogP contribution < -0.4 is 11.1 Å². The van der Waals surface area contributed by atoms with E-state index in [0.29, 0.717) is 17.8 Å². The highest BCUT2D eigenvalue weighted by atomic mass is 16.1. The molecule has 2 aromatic rings. The summed E-state index contributed by atoms with van der Waals surface area (Å²) >= 11 is 0. The number of anilines is 1. The molecule has 2 rings (SSSR count). The fourth-order valence-corrected chi connectivity index (χ4v) is 2.05. The summed E-state index contributed by atoms with van der Waals surface area (Å²) in [6, 6.07) is 5.63. The number of carbonyl (C=O) groups is 1. The summed E-state index contributed by atoms with van der Waals surface area (Å²) in [5.74, 6) is 5.61. The fraction of sp³-hybridized carbons (Fsp3) is 0.250. The van der Waals surface area contributed by atoms with Crippen molar-refractivity contribution in [1.82, 2.24) is 9.78 Å². The van der Waals surface area contributed by atoms with Crippen molar-refractivity contribution < 1.29 is 4.79 Å². The lowest BCUT2D eigenvalue weighted by molar-refractivity contribution is 0.102. The molecule has 0 radical (unpaired) electrons. The summed E-state index contributed by atoms with van der Waals surface area (Å²) in [5.41, 5.74) is 9.23. The molecule has 0 saturated carbocycles. The van der Waals surface area contributed by atoms with E-state index >= 15 is 0 Å². The van der Waals surface area contributed by atoms with E-state index in [9.17, 15) is 4.79 Å². The molecule has 1 amide bonds. The number of amides is 1. The Morgan fingerprint density at radius 2 is 2.19 bits per heavy atom. The second-order valence-corrected chi connectivity index (χ2v) is 4.79. The van der Waals surface area contributed by atoms with E-state index in [1.54, 1.807) is 17.9 Å². The van der Waals surface area contributed by atoms with E-state index in [2.05, 4.69) is 22.3 Å². The molecule has 0 unspecified atom stereocenters. The minimum Gasteiger partial charge on any atom is -0.322 e. The van der Waals surface area contributed by atoms with Crippen LogP contribution in [0.1, 0.15) is 27.2 Å². The minimum absolute atomic E-state index is 0.163. The van der Waals surface area contributed by atoms with E-state index in [0.717, 1.165) is 16.8 Å². The third-order valence-electron chi connectivity index (χ3n) is 3.07. The first-order valence-electron chi connectivity index (χ1n) is 6.62. The van der Waals surface area contributed by atoms with Crippen molar-refractivity contribution in [2.75, 3.05) is 11.9 Å². The molecule has 3 N–H and O–H groups in total. The third-order valence-corrected chi connectivity index (χ3v) is 3.07. The van der Waals surface area contributed by atoms with Gasteiger partial charge in [0.25, 0.3) is 5.91 Å². The smallest absolute Gasteiger partial charge is 0.259 e. The van der Waals surface area contributed by atoms with Gasteiger partial charge in [0.1, 0.15) is 0 Å². The highest BCUT2D eigenvalue weighted by molar-refractivity contribution is 6.05. The van der Waals surface area contributed by atoms with Crippen molar-refractivity contribution in [2.45, 2.75) is 13.8 Å². The Hall–Kier alpha value is -2.58. The number of nitrogens with two attached hydrogens (primary N) is 1. The first-order valence-corrected chi connectivity index (χ1v) is 6.62. The lowest BCUT2D eigenvalue weighted by atomic mass is 10.1. The number of hydrogen-bond acceptors (Lipinski definition) is 3. The molecule has 21 heavy (non-hydrogen) atoms. The molecule has 0 aliphatic rings. The van der Waals surface area contributed by atoms with Crippen molar-refractivity contribution in [2.24, 2.45) is 12.8 Å². The van der Waals surface area contributed by atoms with Crippen LogP contribution in [0.2, 0.25) is 0 Å². The molecule has 5 heteroatoms. The van der Waals surface area contributed by atoms with E-state index in [4.69, 9.17) is 5.73 Å². The molecule has 0 saturated heterocycles. The van der Waals surface area contributed by atoms with Gasteiger partial charge in [-0.15, -0.1) is 0 Å². The van der Waals surface area contributed by atoms with Crippen molar-refractivity contribution >= 4 is 11.6 Å². The van der Waals surface area contributed by atoms with Crippen LogP contribution in [-0.4, -0.2) is 22.2 Å². The predicted molar refractivity (Wildman–Crippen MR) is 83.0 cm³/mol. The normalized spacial score (nSPS) is 9.90. The molecule has 1 aromatic heterocycles. The molecule has 0 spiro atoms. The molecule has 0 aliphatic carbocycles. The Kier molecular flexibility index (Phi) is 4.41. The lowest BCUT2D eigenvalue weighted by Gasteiger charge is -2.08. The maximum absolute atomic E-state index is 12.2. The van der Waals surface area contributed by atoms with Crippen LogP contribution in [-0.2, 0) is 7.05 Å². The Labute approximate surface area is 124 Å². The number of nitrogens with zero attached hydrogens (tertiary/aromatic N) is 2. The number of nitrogens with one attached hydrogen (secondary N) is 1. The monoisotopic (exact) mass is 282 g/mol. The van der Waals surface area contributed by atoms with Crippen LogP contribution in [0.5, 0.6) is 0 Å². The number of carbonyl (C=O) groups excluding carboxylic acids is 1. The molecule has 0 atom stereocenters. The van der Waals surface area contributed by atoms with Gasteiger partial charge in [0.15, 0.2) is 0 Å². The van der Waals surface area contributed by atoms with Crippen molar-refractivity contribution in [1.29, 1.82) is 0 Å². The van der Waals surface area contributed by atoms with E-state index in [1.807, 2.05) is 32.0 Å². The summed E-state index contributed by atoms with van der Waals surface area (Å²) in [4.78, 5) is 12.2. The van der Waals surface area contributed by atoms with Gasteiger partial charge < -0.3 is 11.1 Å². The summed E-state index contributed by atoms with van der Waals surface area (Å²) in [7, 11) is 1.79. The summed E-state index contributed by atoms with van der Waals surface area (Å²) in [6.45, 7) is 4.07. The Morgan fingerprint density at radius 3 is 2.76 bits per heavy atom. The van der Waals surface area contributed by atoms with E-state index in [-0.39, 0.29) is 5.91 Å². The van der Waals surface area contributed by atoms with Crippen LogP contribution in [0.3, 0.4) is 0 Å². The Balaban J connectivity index is 2.20. The van der Waals surface area contributed by atoms with Gasteiger partial charge in [-0.3, -0.25) is 9.48 Å². The average Bonchev–Trinajstić information content (AvgIpc) is 2.78. The molecule has 0 aliphatic heterocycles. The SMILES string of the molecule is Cc1cc(C#CCN)ccc1NC(=O)c1cn(C)nc1C. The fourth-order valence-electron chi connectivity index (χ4n) is 2.05. The number of hydrogen-bond donors (Lipinski definition) is 2. The summed E-state index contributed by atoms with van der Waals surface area (Å²) in [6.07, 6.45) is 1.71. The van der Waals surface area contributed by atoms with E-state index in [1.165, 1.54) is 0 Å². The Bertz CT molecular complexity index is 734. The summed E-state index contributed by atoms with van der Waals surface area (Å²) in [5, 5.41) is 7.07. The topological polar surface area (TPSA) is 72.9 Å². The zero-order valence-corrected chi connectivity index (χ0v) is 12.4. The van der Waals surface area contributed by atoms with Gasteiger partial charge >= 0.3 is 0 Å². The third kappa shape index (κ3) is 3.50. The predicted octanol–water partition coefficient (Wildman–Crippen LogP) is 1.60. The molecular formula is C16H18N4O. The van der Waals surface area contributed by atoms with E-state index < -0.39 is 0 Å². The van der Waals surface area contributed by atoms with Gasteiger partial charge in [-0.05, 0) is 37.6 Å². The zero-order valence-electron chi connectivity index (χ0n) is 12.4. The first-order chi connectivity index (χ1) is 10.0. The van der Waals surface area contributed by atoms with Crippen molar-refractivity contribution in [3.8, 4) is 11.8 Å². The highest BCUT2D eigenvalue weighted by Crippen LogP contribution is 2.18. The molecule has 1 heterocycles. The van der Waals surface area contributed by atoms with Crippen LogP contribution in [0.4, 0.5) is 5.69 Å². The number of aromatic nitrogens is 2. The van der Waals surface area contributed by atoms with Gasteiger partial charge in [-0.25, -0.2) is 0 Å². The quantitative estimate of drug-likeness (QED) is 0.822. The van der Waals surface area contributed by atoms with Gasteiger partial charge in [0, 0.05) is 24.5 Å². The van der Waals surface area contributed by atoms with Crippen LogP contribution in [0.15, 0.2) is 24.4 Å². The number of aryl methyl sites for hydroxylation is 3. The molecule has 108 valence electrons. The standard InChI is InChI=1S/C16H18N4O/c1-11-9-13(5-4-8-17)6-7-15(11)18-16(21)14-10-20(3)19-12(14)2/h6-7,9-10H,8,17H2,1-3H3,(H,18,21). The van der Waals surface area contributed by atoms with Gasteiger partial charge in [-0.1, -0.05) is 11.8 Å². The molecule has 5 nitrogen and oxygen atoms in total. The van der Waals surface area contributed by atoms with Crippen molar-refractivity contribution in [3.05, 3.63) is 46.8 Å². The second kappa shape index (κ2) is 6.25. The van der Waals surface area contributed by atoms with Crippen molar-refractivity contribution in [3.63, 3.8) is 0 Å². The zero-order chi connectivity index (χ0) is 15.4. The maximum atomic E-state index is 12.2. The molecule has 1 aromatic carbocycles. The summed E-state index contributed by atoms with van der Waals surface area (Å²) < 4.78 is 1.63. The minimum atomic E-state index is -0.163.